The van der Waals surface area contributed by atoms with E-state index in [1.807, 2.05) is 13.0 Å². The Balaban J connectivity index is 2.58. The van der Waals surface area contributed by atoms with Crippen LogP contribution in [0.3, 0.4) is 0 Å². The molecule has 0 unspecified atom stereocenters. The lowest BCUT2D eigenvalue weighted by molar-refractivity contribution is 0.841. The predicted molar refractivity (Wildman–Crippen MR) is 55.5 cm³/mol. The van der Waals surface area contributed by atoms with Crippen LogP contribution in [-0.2, 0) is 0 Å². The highest BCUT2D eigenvalue weighted by atomic mass is 35.5. The van der Waals surface area contributed by atoms with Crippen LogP contribution in [-0.4, -0.2) is 14.8 Å². The third-order valence-electron chi connectivity index (χ3n) is 1.92. The van der Waals surface area contributed by atoms with E-state index in [9.17, 15) is 0 Å². The Morgan fingerprint density at radius 2 is 2.21 bits per heavy atom. The number of rotatable bonds is 1. The van der Waals surface area contributed by atoms with Gasteiger partial charge in [-0.25, -0.2) is 9.67 Å². The summed E-state index contributed by atoms with van der Waals surface area (Å²) in [4.78, 5) is 4.02. The van der Waals surface area contributed by atoms with Gasteiger partial charge in [0.05, 0.1) is 10.7 Å². The topological polar surface area (TPSA) is 56.7 Å². The van der Waals surface area contributed by atoms with Crippen molar-refractivity contribution in [1.82, 2.24) is 14.8 Å². The van der Waals surface area contributed by atoms with Gasteiger partial charge in [0.15, 0.2) is 0 Å². The summed E-state index contributed by atoms with van der Waals surface area (Å²) in [5.41, 5.74) is 7.01. The molecule has 14 heavy (non-hydrogen) atoms. The molecule has 0 aliphatic rings. The zero-order valence-electron chi connectivity index (χ0n) is 7.61. The summed E-state index contributed by atoms with van der Waals surface area (Å²) < 4.78 is 1.67. The summed E-state index contributed by atoms with van der Waals surface area (Å²) in [7, 11) is 0. The van der Waals surface area contributed by atoms with Crippen molar-refractivity contribution in [1.29, 1.82) is 0 Å². The van der Waals surface area contributed by atoms with Gasteiger partial charge in [0, 0.05) is 5.69 Å². The molecule has 0 aliphatic heterocycles. The van der Waals surface area contributed by atoms with E-state index in [1.54, 1.807) is 16.8 Å². The van der Waals surface area contributed by atoms with E-state index in [1.165, 1.54) is 6.33 Å². The minimum Gasteiger partial charge on any atom is -0.399 e. The first-order valence-electron chi connectivity index (χ1n) is 4.10. The number of benzene rings is 1. The van der Waals surface area contributed by atoms with E-state index in [0.717, 1.165) is 11.5 Å². The summed E-state index contributed by atoms with van der Waals surface area (Å²) in [5.74, 6) is 0.789. The molecule has 0 spiro atoms. The van der Waals surface area contributed by atoms with Gasteiger partial charge in [-0.15, -0.1) is 0 Å². The van der Waals surface area contributed by atoms with E-state index in [2.05, 4.69) is 10.1 Å². The second-order valence-corrected chi connectivity index (χ2v) is 3.34. The zero-order chi connectivity index (χ0) is 10.1. The molecule has 2 aromatic rings. The van der Waals surface area contributed by atoms with Crippen molar-refractivity contribution in [2.24, 2.45) is 0 Å². The Hall–Kier alpha value is -1.55. The first kappa shape index (κ1) is 9.02. The number of aromatic nitrogens is 3. The van der Waals surface area contributed by atoms with E-state index < -0.39 is 0 Å². The van der Waals surface area contributed by atoms with Crippen molar-refractivity contribution in [3.8, 4) is 5.69 Å². The van der Waals surface area contributed by atoms with E-state index in [0.29, 0.717) is 10.7 Å². The zero-order valence-corrected chi connectivity index (χ0v) is 8.36. The monoisotopic (exact) mass is 208 g/mol. The fraction of sp³-hybridized carbons (Fsp3) is 0.111. The summed E-state index contributed by atoms with van der Waals surface area (Å²) in [5, 5.41) is 4.62. The Morgan fingerprint density at radius 3 is 2.79 bits per heavy atom. The van der Waals surface area contributed by atoms with Crippen molar-refractivity contribution >= 4 is 17.3 Å². The fourth-order valence-corrected chi connectivity index (χ4v) is 1.50. The molecule has 0 saturated carbocycles. The number of hydrogen-bond acceptors (Lipinski definition) is 3. The summed E-state index contributed by atoms with van der Waals surface area (Å²) in [6, 6.07) is 5.29. The largest absolute Gasteiger partial charge is 0.399 e. The highest BCUT2D eigenvalue weighted by Gasteiger charge is 2.06. The van der Waals surface area contributed by atoms with Crippen LogP contribution < -0.4 is 5.73 Å². The molecule has 2 rings (SSSR count). The van der Waals surface area contributed by atoms with Crippen LogP contribution in [0.25, 0.3) is 5.69 Å². The molecule has 0 amide bonds. The van der Waals surface area contributed by atoms with Crippen molar-refractivity contribution in [3.63, 3.8) is 0 Å². The van der Waals surface area contributed by atoms with Gasteiger partial charge in [0.2, 0.25) is 0 Å². The van der Waals surface area contributed by atoms with Crippen LogP contribution in [0.1, 0.15) is 5.82 Å². The number of nitrogen functional groups attached to an aromatic ring is 1. The number of nitrogens with two attached hydrogens (primary N) is 1. The molecule has 0 saturated heterocycles. The molecule has 4 nitrogen and oxygen atoms in total. The van der Waals surface area contributed by atoms with Gasteiger partial charge in [0.1, 0.15) is 12.2 Å². The van der Waals surface area contributed by atoms with Crippen LogP contribution in [0.2, 0.25) is 5.02 Å². The van der Waals surface area contributed by atoms with E-state index in [4.69, 9.17) is 17.3 Å². The van der Waals surface area contributed by atoms with Crippen molar-refractivity contribution in [2.45, 2.75) is 6.92 Å². The molecule has 1 heterocycles. The lowest BCUT2D eigenvalue weighted by atomic mass is 10.3. The Labute approximate surface area is 86.3 Å². The molecular weight excluding hydrogens is 200 g/mol. The maximum absolute atomic E-state index is 6.02. The number of aryl methyl sites for hydroxylation is 1. The van der Waals surface area contributed by atoms with Crippen LogP contribution in [0.5, 0.6) is 0 Å². The molecule has 72 valence electrons. The minimum atomic E-state index is 0.568. The van der Waals surface area contributed by atoms with Crippen molar-refractivity contribution in [2.75, 3.05) is 5.73 Å². The van der Waals surface area contributed by atoms with Gasteiger partial charge in [-0.3, -0.25) is 0 Å². The average Bonchev–Trinajstić information content (AvgIpc) is 2.52. The van der Waals surface area contributed by atoms with Crippen molar-refractivity contribution in [3.05, 3.63) is 35.4 Å². The molecule has 0 aliphatic carbocycles. The van der Waals surface area contributed by atoms with E-state index >= 15 is 0 Å². The molecule has 5 heteroatoms. The SMILES string of the molecule is Cc1ncnn1-c1ccc(N)cc1Cl. The Morgan fingerprint density at radius 1 is 1.43 bits per heavy atom. The van der Waals surface area contributed by atoms with Gasteiger partial charge in [0.25, 0.3) is 0 Å². The number of anilines is 1. The first-order chi connectivity index (χ1) is 6.68. The summed E-state index contributed by atoms with van der Waals surface area (Å²) in [6.45, 7) is 1.86. The molecule has 0 radical (unpaired) electrons. The predicted octanol–water partition coefficient (Wildman–Crippen LogP) is 1.81. The lowest BCUT2D eigenvalue weighted by Gasteiger charge is -2.05. The highest BCUT2D eigenvalue weighted by Crippen LogP contribution is 2.22. The summed E-state index contributed by atoms with van der Waals surface area (Å²) in [6.07, 6.45) is 1.49. The lowest BCUT2D eigenvalue weighted by Crippen LogP contribution is -2.00. The molecule has 2 N–H and O–H groups in total. The van der Waals surface area contributed by atoms with Crippen LogP contribution >= 0.6 is 11.6 Å². The first-order valence-corrected chi connectivity index (χ1v) is 4.48. The maximum atomic E-state index is 6.02. The molecule has 1 aromatic heterocycles. The van der Waals surface area contributed by atoms with Gasteiger partial charge < -0.3 is 5.73 Å². The van der Waals surface area contributed by atoms with Gasteiger partial charge >= 0.3 is 0 Å². The molecule has 0 atom stereocenters. The van der Waals surface area contributed by atoms with Gasteiger partial charge in [-0.2, -0.15) is 5.10 Å². The van der Waals surface area contributed by atoms with Crippen molar-refractivity contribution < 1.29 is 0 Å². The average molecular weight is 209 g/mol. The molecule has 0 fully saturated rings. The second-order valence-electron chi connectivity index (χ2n) is 2.93. The van der Waals surface area contributed by atoms with E-state index in [-0.39, 0.29) is 0 Å². The highest BCUT2D eigenvalue weighted by molar-refractivity contribution is 6.32. The smallest absolute Gasteiger partial charge is 0.138 e. The van der Waals surface area contributed by atoms with Gasteiger partial charge in [-0.05, 0) is 25.1 Å². The summed E-state index contributed by atoms with van der Waals surface area (Å²) >= 11 is 6.02. The number of halogens is 1. The van der Waals surface area contributed by atoms with Gasteiger partial charge in [-0.1, -0.05) is 11.6 Å². The number of hydrogen-bond donors (Lipinski definition) is 1. The second kappa shape index (κ2) is 3.31. The molecule has 0 bridgehead atoms. The van der Waals surface area contributed by atoms with Crippen LogP contribution in [0, 0.1) is 6.92 Å². The normalized spacial score (nSPS) is 10.4. The maximum Gasteiger partial charge on any atom is 0.138 e. The Kier molecular flexibility index (Phi) is 2.13. The van der Waals surface area contributed by atoms with Crippen LogP contribution in [0.15, 0.2) is 24.5 Å². The number of nitrogens with zero attached hydrogens (tertiary/aromatic N) is 3. The van der Waals surface area contributed by atoms with Crippen LogP contribution in [0.4, 0.5) is 5.69 Å². The third-order valence-corrected chi connectivity index (χ3v) is 2.22. The quantitative estimate of drug-likeness (QED) is 0.728. The molecular formula is C9H9ClN4. The third kappa shape index (κ3) is 1.44. The Bertz CT molecular complexity index is 464. The standard InChI is InChI=1S/C9H9ClN4/c1-6-12-5-13-14(6)9-3-2-7(11)4-8(9)10/h2-5H,11H2,1H3. The fourth-order valence-electron chi connectivity index (χ4n) is 1.23. The minimum absolute atomic E-state index is 0.568. The molecule has 1 aromatic carbocycles.